The Morgan fingerprint density at radius 3 is 2.73 bits per heavy atom. The van der Waals surface area contributed by atoms with Crippen LogP contribution in [-0.4, -0.2) is 12.6 Å². The molecule has 1 aliphatic heterocycles. The molecule has 3 heteroatoms. The van der Waals surface area contributed by atoms with Gasteiger partial charge in [-0.15, -0.1) is 0 Å². The fraction of sp³-hybridized carbons (Fsp3) is 0.632. The first-order valence-electron chi connectivity index (χ1n) is 8.67. The summed E-state index contributed by atoms with van der Waals surface area (Å²) in [6.07, 6.45) is 7.10. The molecule has 1 heterocycles. The summed E-state index contributed by atoms with van der Waals surface area (Å²) < 4.78 is 11.1. The third-order valence-corrected chi connectivity index (χ3v) is 6.81. The van der Waals surface area contributed by atoms with Gasteiger partial charge < -0.3 is 9.47 Å². The van der Waals surface area contributed by atoms with Crippen molar-refractivity contribution in [3.63, 3.8) is 0 Å². The minimum absolute atomic E-state index is 0.297. The van der Waals surface area contributed by atoms with Crippen LogP contribution in [0.25, 0.3) is 0 Å². The number of carbonyl (C=O) groups is 1. The molecule has 0 radical (unpaired) electrons. The molecule has 0 N–H and O–H groups in total. The number of ketones is 1. The fourth-order valence-electron chi connectivity index (χ4n) is 5.78. The molecule has 0 aromatic heterocycles. The molecule has 4 aliphatic rings. The number of ether oxygens (including phenoxy) is 2. The van der Waals surface area contributed by atoms with Crippen LogP contribution < -0.4 is 9.47 Å². The van der Waals surface area contributed by atoms with E-state index in [4.69, 9.17) is 9.47 Å². The van der Waals surface area contributed by atoms with Crippen molar-refractivity contribution < 1.29 is 14.3 Å². The lowest BCUT2D eigenvalue weighted by molar-refractivity contribution is -0.126. The van der Waals surface area contributed by atoms with Crippen molar-refractivity contribution in [3.8, 4) is 11.5 Å². The van der Waals surface area contributed by atoms with Gasteiger partial charge in [0.05, 0.1) is 5.41 Å². The Hall–Kier alpha value is -1.51. The van der Waals surface area contributed by atoms with Crippen LogP contribution in [0.2, 0.25) is 0 Å². The molecule has 1 aromatic carbocycles. The van der Waals surface area contributed by atoms with Gasteiger partial charge in [-0.3, -0.25) is 4.79 Å². The van der Waals surface area contributed by atoms with E-state index in [1.165, 1.54) is 30.4 Å². The quantitative estimate of drug-likeness (QED) is 0.734. The second-order valence-electron chi connectivity index (χ2n) is 7.63. The highest BCUT2D eigenvalue weighted by Crippen LogP contribution is 2.59. The average Bonchev–Trinajstić information content (AvgIpc) is 3.08. The Labute approximate surface area is 131 Å². The van der Waals surface area contributed by atoms with Crippen molar-refractivity contribution in [3.05, 3.63) is 23.3 Å². The minimum atomic E-state index is -0.297. The van der Waals surface area contributed by atoms with Gasteiger partial charge in [0.25, 0.3) is 0 Å². The number of Topliss-reactive ketones (excluding diaryl/α,β-unsaturated/α-hetero) is 1. The van der Waals surface area contributed by atoms with Gasteiger partial charge in [0, 0.05) is 5.92 Å². The summed E-state index contributed by atoms with van der Waals surface area (Å²) in [5.41, 5.74) is 2.23. The van der Waals surface area contributed by atoms with Gasteiger partial charge in [-0.25, -0.2) is 0 Å². The lowest BCUT2D eigenvalue weighted by atomic mass is 9.63. The molecule has 1 aromatic rings. The topological polar surface area (TPSA) is 35.5 Å². The van der Waals surface area contributed by atoms with E-state index >= 15 is 0 Å². The third kappa shape index (κ3) is 1.45. The molecule has 22 heavy (non-hydrogen) atoms. The van der Waals surface area contributed by atoms with Crippen molar-refractivity contribution >= 4 is 5.78 Å². The van der Waals surface area contributed by atoms with E-state index in [0.717, 1.165) is 30.8 Å². The summed E-state index contributed by atoms with van der Waals surface area (Å²) in [5.74, 6) is 3.62. The zero-order valence-corrected chi connectivity index (χ0v) is 13.1. The van der Waals surface area contributed by atoms with Crippen LogP contribution in [0, 0.1) is 17.8 Å². The smallest absolute Gasteiger partial charge is 0.231 e. The molecule has 2 saturated carbocycles. The lowest BCUT2D eigenvalue weighted by Crippen LogP contribution is -2.39. The predicted octanol–water partition coefficient (Wildman–Crippen LogP) is 3.62. The van der Waals surface area contributed by atoms with Crippen molar-refractivity contribution in [2.45, 2.75) is 50.9 Å². The van der Waals surface area contributed by atoms with Gasteiger partial charge in [0.15, 0.2) is 11.5 Å². The number of hydrogen-bond donors (Lipinski definition) is 0. The Morgan fingerprint density at radius 2 is 1.86 bits per heavy atom. The van der Waals surface area contributed by atoms with Crippen LogP contribution in [0.1, 0.15) is 50.2 Å². The SMILES string of the molecule is C[C@]12C(=O)[C@H]3CCCC[C@@H]3[C@H]1CCc1cc3c(cc12)OCO3. The van der Waals surface area contributed by atoms with Gasteiger partial charge in [-0.2, -0.15) is 0 Å². The van der Waals surface area contributed by atoms with E-state index in [-0.39, 0.29) is 5.41 Å². The van der Waals surface area contributed by atoms with Crippen LogP contribution in [0.3, 0.4) is 0 Å². The van der Waals surface area contributed by atoms with E-state index in [2.05, 4.69) is 19.1 Å². The minimum Gasteiger partial charge on any atom is -0.454 e. The van der Waals surface area contributed by atoms with Gasteiger partial charge in [0.1, 0.15) is 5.78 Å². The maximum absolute atomic E-state index is 13.3. The summed E-state index contributed by atoms with van der Waals surface area (Å²) >= 11 is 0. The van der Waals surface area contributed by atoms with Crippen molar-refractivity contribution in [2.24, 2.45) is 17.8 Å². The molecule has 2 fully saturated rings. The molecule has 3 aliphatic carbocycles. The highest BCUT2D eigenvalue weighted by molar-refractivity contribution is 5.95. The number of hydrogen-bond acceptors (Lipinski definition) is 3. The molecule has 0 amide bonds. The third-order valence-electron chi connectivity index (χ3n) is 6.81. The first-order valence-corrected chi connectivity index (χ1v) is 8.67. The maximum Gasteiger partial charge on any atom is 0.231 e. The predicted molar refractivity (Wildman–Crippen MR) is 82.2 cm³/mol. The van der Waals surface area contributed by atoms with Crippen LogP contribution in [-0.2, 0) is 16.6 Å². The molecule has 3 nitrogen and oxygen atoms in total. The van der Waals surface area contributed by atoms with E-state index in [9.17, 15) is 4.79 Å². The highest BCUT2D eigenvalue weighted by atomic mass is 16.7. The molecule has 5 rings (SSSR count). The van der Waals surface area contributed by atoms with Crippen molar-refractivity contribution in [1.82, 2.24) is 0 Å². The van der Waals surface area contributed by atoms with Gasteiger partial charge in [-0.05, 0) is 67.7 Å². The Kier molecular flexibility index (Phi) is 2.52. The van der Waals surface area contributed by atoms with E-state index in [0.29, 0.717) is 30.3 Å². The average molecular weight is 298 g/mol. The highest BCUT2D eigenvalue weighted by Gasteiger charge is 2.59. The summed E-state index contributed by atoms with van der Waals surface area (Å²) in [5, 5.41) is 0. The molecular formula is C19H22O3. The molecule has 0 bridgehead atoms. The van der Waals surface area contributed by atoms with Gasteiger partial charge >= 0.3 is 0 Å². The largest absolute Gasteiger partial charge is 0.454 e. The van der Waals surface area contributed by atoms with Crippen LogP contribution in [0.5, 0.6) is 11.5 Å². The maximum atomic E-state index is 13.3. The number of rotatable bonds is 0. The molecule has 0 unspecified atom stereocenters. The zero-order chi connectivity index (χ0) is 14.9. The van der Waals surface area contributed by atoms with Gasteiger partial charge in [-0.1, -0.05) is 12.8 Å². The van der Waals surface area contributed by atoms with Gasteiger partial charge in [0.2, 0.25) is 6.79 Å². The van der Waals surface area contributed by atoms with E-state index < -0.39 is 0 Å². The molecule has 0 saturated heterocycles. The first-order chi connectivity index (χ1) is 10.7. The number of aryl methyl sites for hydroxylation is 1. The Morgan fingerprint density at radius 1 is 1.09 bits per heavy atom. The lowest BCUT2D eigenvalue weighted by Gasteiger charge is -2.39. The standard InChI is InChI=1S/C19H22O3/c1-19-14(12-4-2-3-5-13(12)18(19)20)7-6-11-8-16-17(9-15(11)19)22-10-21-16/h8-9,12-14H,2-7,10H2,1H3/t12-,13-,14+,19-/m0/s1. The van der Waals surface area contributed by atoms with Crippen molar-refractivity contribution in [1.29, 1.82) is 0 Å². The monoisotopic (exact) mass is 298 g/mol. The Balaban J connectivity index is 1.67. The zero-order valence-electron chi connectivity index (χ0n) is 13.1. The molecule has 0 spiro atoms. The summed E-state index contributed by atoms with van der Waals surface area (Å²) in [6.45, 7) is 2.51. The number of carbonyl (C=O) groups excluding carboxylic acids is 1. The van der Waals surface area contributed by atoms with Crippen LogP contribution in [0.15, 0.2) is 12.1 Å². The molecule has 4 atom stereocenters. The van der Waals surface area contributed by atoms with E-state index in [1.807, 2.05) is 0 Å². The van der Waals surface area contributed by atoms with E-state index in [1.54, 1.807) is 0 Å². The second kappa shape index (κ2) is 4.27. The first kappa shape index (κ1) is 13.0. The summed E-state index contributed by atoms with van der Waals surface area (Å²) in [6, 6.07) is 4.23. The fourth-order valence-corrected chi connectivity index (χ4v) is 5.78. The number of fused-ring (bicyclic) bond motifs is 6. The van der Waals surface area contributed by atoms with Crippen LogP contribution in [0.4, 0.5) is 0 Å². The second-order valence-corrected chi connectivity index (χ2v) is 7.63. The summed E-state index contributed by atoms with van der Waals surface area (Å²) in [4.78, 5) is 13.3. The van der Waals surface area contributed by atoms with Crippen LogP contribution >= 0.6 is 0 Å². The number of benzene rings is 1. The normalized spacial score (nSPS) is 38.4. The molecule has 116 valence electrons. The Bertz CT molecular complexity index is 665. The summed E-state index contributed by atoms with van der Waals surface area (Å²) in [7, 11) is 0. The molecular weight excluding hydrogens is 276 g/mol. The van der Waals surface area contributed by atoms with Crippen molar-refractivity contribution in [2.75, 3.05) is 6.79 Å².